The van der Waals surface area contributed by atoms with Crippen molar-refractivity contribution in [1.29, 1.82) is 0 Å². The van der Waals surface area contributed by atoms with Gasteiger partial charge in [0, 0.05) is 5.69 Å². The van der Waals surface area contributed by atoms with E-state index in [1.54, 1.807) is 35.6 Å². The molecule has 4 rings (SSSR count). The zero-order valence-electron chi connectivity index (χ0n) is 13.9. The molecule has 0 spiro atoms. The average Bonchev–Trinajstić information content (AvgIpc) is 3.11. The van der Waals surface area contributed by atoms with E-state index in [1.807, 2.05) is 17.5 Å². The Bertz CT molecular complexity index is 1070. The third-order valence-electron chi connectivity index (χ3n) is 3.74. The second-order valence-electron chi connectivity index (χ2n) is 5.55. The molecule has 0 bridgehead atoms. The van der Waals surface area contributed by atoms with Gasteiger partial charge >= 0.3 is 0 Å². The van der Waals surface area contributed by atoms with E-state index in [4.69, 9.17) is 16.3 Å². The van der Waals surface area contributed by atoms with Crippen LogP contribution in [0.4, 0.5) is 15.9 Å². The van der Waals surface area contributed by atoms with E-state index in [0.717, 1.165) is 27.3 Å². The predicted molar refractivity (Wildman–Crippen MR) is 110 cm³/mol. The van der Waals surface area contributed by atoms with Gasteiger partial charge in [-0.25, -0.2) is 14.4 Å². The second kappa shape index (κ2) is 8.52. The van der Waals surface area contributed by atoms with E-state index >= 15 is 0 Å². The third-order valence-corrected chi connectivity index (χ3v) is 4.86. The van der Waals surface area contributed by atoms with Gasteiger partial charge in [0.25, 0.3) is 0 Å². The van der Waals surface area contributed by atoms with Gasteiger partial charge in [0.15, 0.2) is 0 Å². The first-order chi connectivity index (χ1) is 12.7. The molecule has 4 aromatic rings. The van der Waals surface area contributed by atoms with Crippen molar-refractivity contribution in [1.82, 2.24) is 9.97 Å². The van der Waals surface area contributed by atoms with Gasteiger partial charge in [-0.2, -0.15) is 0 Å². The van der Waals surface area contributed by atoms with Crippen LogP contribution in [0.15, 0.2) is 60.2 Å². The van der Waals surface area contributed by atoms with Crippen molar-refractivity contribution in [3.05, 3.63) is 76.6 Å². The lowest BCUT2D eigenvalue weighted by Crippen LogP contribution is -1.98. The number of aromatic nitrogens is 2. The molecule has 2 aromatic heterocycles. The van der Waals surface area contributed by atoms with Crippen LogP contribution in [0, 0.1) is 5.82 Å². The minimum Gasteiger partial charge on any atom is -0.487 e. The first-order valence-corrected chi connectivity index (χ1v) is 9.07. The Balaban J connectivity index is 0.00000210. The molecule has 0 unspecified atom stereocenters. The number of rotatable bonds is 5. The minimum absolute atomic E-state index is 0. The number of anilines is 2. The fraction of sp³-hybridized carbons (Fsp3) is 0.0526. The lowest BCUT2D eigenvalue weighted by atomic mass is 10.2. The smallest absolute Gasteiger partial charge is 0.142 e. The van der Waals surface area contributed by atoms with Crippen LogP contribution in [0.5, 0.6) is 5.75 Å². The summed E-state index contributed by atoms with van der Waals surface area (Å²) in [5, 5.41) is 6.64. The fourth-order valence-electron chi connectivity index (χ4n) is 2.51. The van der Waals surface area contributed by atoms with Gasteiger partial charge in [0.05, 0.1) is 10.4 Å². The average molecular weight is 422 g/mol. The van der Waals surface area contributed by atoms with Crippen molar-refractivity contribution < 1.29 is 9.13 Å². The highest BCUT2D eigenvalue weighted by Crippen LogP contribution is 2.31. The number of hydrogen-bond acceptors (Lipinski definition) is 5. The van der Waals surface area contributed by atoms with E-state index in [-0.39, 0.29) is 24.8 Å². The van der Waals surface area contributed by atoms with E-state index in [9.17, 15) is 4.39 Å². The monoisotopic (exact) mass is 421 g/mol. The maximum Gasteiger partial charge on any atom is 0.142 e. The third kappa shape index (κ3) is 4.47. The first-order valence-electron chi connectivity index (χ1n) is 7.81. The highest BCUT2D eigenvalue weighted by molar-refractivity contribution is 7.16. The standard InChI is InChI=1S/C19H13ClFN3OS.ClH/c20-16-9-14(24-18-15-6-7-26-19(15)23-11-22-18)4-5-17(16)25-10-12-2-1-3-13(21)8-12;/h1-9,11H,10H2,(H,22,23,24);1H. The number of thiophene rings is 1. The van der Waals surface area contributed by atoms with Crippen molar-refractivity contribution in [3.63, 3.8) is 0 Å². The molecule has 138 valence electrons. The number of nitrogens with zero attached hydrogens (tertiary/aromatic N) is 2. The summed E-state index contributed by atoms with van der Waals surface area (Å²) in [5.41, 5.74) is 1.53. The van der Waals surface area contributed by atoms with Gasteiger partial charge in [0.1, 0.15) is 35.1 Å². The lowest BCUT2D eigenvalue weighted by molar-refractivity contribution is 0.306. The molecular formula is C19H14Cl2FN3OS. The van der Waals surface area contributed by atoms with Crippen LogP contribution in [0.2, 0.25) is 5.02 Å². The molecule has 2 aromatic carbocycles. The van der Waals surface area contributed by atoms with Crippen molar-refractivity contribution in [3.8, 4) is 5.75 Å². The van der Waals surface area contributed by atoms with Gasteiger partial charge in [0.2, 0.25) is 0 Å². The van der Waals surface area contributed by atoms with Crippen molar-refractivity contribution in [2.45, 2.75) is 6.61 Å². The number of benzene rings is 2. The van der Waals surface area contributed by atoms with E-state index < -0.39 is 0 Å². The molecule has 27 heavy (non-hydrogen) atoms. The van der Waals surface area contributed by atoms with Gasteiger partial charge in [-0.15, -0.1) is 23.7 Å². The molecule has 0 fully saturated rings. The van der Waals surface area contributed by atoms with Crippen molar-refractivity contribution >= 4 is 57.1 Å². The Hall–Kier alpha value is -2.41. The molecule has 0 aliphatic heterocycles. The summed E-state index contributed by atoms with van der Waals surface area (Å²) in [4.78, 5) is 9.43. The molecule has 8 heteroatoms. The van der Waals surface area contributed by atoms with Gasteiger partial charge in [-0.3, -0.25) is 0 Å². The van der Waals surface area contributed by atoms with Crippen LogP contribution in [0.3, 0.4) is 0 Å². The summed E-state index contributed by atoms with van der Waals surface area (Å²) in [5.74, 6) is 0.965. The Morgan fingerprint density at radius 2 is 2.00 bits per heavy atom. The van der Waals surface area contributed by atoms with E-state index in [1.165, 1.54) is 18.5 Å². The molecule has 0 saturated heterocycles. The summed E-state index contributed by atoms with van der Waals surface area (Å²) < 4.78 is 18.9. The van der Waals surface area contributed by atoms with Crippen LogP contribution < -0.4 is 10.1 Å². The van der Waals surface area contributed by atoms with Gasteiger partial charge in [-0.05, 0) is 47.3 Å². The predicted octanol–water partition coefficient (Wildman–Crippen LogP) is 6.23. The summed E-state index contributed by atoms with van der Waals surface area (Å²) in [7, 11) is 0. The van der Waals surface area contributed by atoms with Gasteiger partial charge in [-0.1, -0.05) is 23.7 Å². The highest BCUT2D eigenvalue weighted by Gasteiger charge is 2.08. The maximum atomic E-state index is 13.2. The van der Waals surface area contributed by atoms with Gasteiger partial charge < -0.3 is 10.1 Å². The van der Waals surface area contributed by atoms with Crippen LogP contribution >= 0.6 is 35.3 Å². The molecule has 0 radical (unpaired) electrons. The van der Waals surface area contributed by atoms with E-state index in [2.05, 4.69) is 15.3 Å². The quantitative estimate of drug-likeness (QED) is 0.414. The van der Waals surface area contributed by atoms with Crippen molar-refractivity contribution in [2.24, 2.45) is 0 Å². The summed E-state index contributed by atoms with van der Waals surface area (Å²) in [6, 6.07) is 13.6. The number of nitrogens with one attached hydrogen (secondary N) is 1. The SMILES string of the molecule is Cl.Fc1cccc(COc2ccc(Nc3ncnc4sccc34)cc2Cl)c1. The van der Waals surface area contributed by atoms with Crippen molar-refractivity contribution in [2.75, 3.05) is 5.32 Å². The van der Waals surface area contributed by atoms with Crippen LogP contribution in [-0.2, 0) is 6.61 Å². The largest absolute Gasteiger partial charge is 0.487 e. The summed E-state index contributed by atoms with van der Waals surface area (Å²) in [6.07, 6.45) is 1.53. The Morgan fingerprint density at radius 3 is 2.81 bits per heavy atom. The zero-order chi connectivity index (χ0) is 17.9. The Morgan fingerprint density at radius 1 is 1.11 bits per heavy atom. The van der Waals surface area contributed by atoms with Crippen LogP contribution in [0.25, 0.3) is 10.2 Å². The topological polar surface area (TPSA) is 47.0 Å². The lowest BCUT2D eigenvalue weighted by Gasteiger charge is -2.11. The Kier molecular flexibility index (Phi) is 6.11. The molecule has 1 N–H and O–H groups in total. The van der Waals surface area contributed by atoms with E-state index in [0.29, 0.717) is 10.8 Å². The Labute approximate surface area is 170 Å². The molecule has 0 aliphatic carbocycles. The summed E-state index contributed by atoms with van der Waals surface area (Å²) in [6.45, 7) is 0.242. The molecule has 0 atom stereocenters. The fourth-order valence-corrected chi connectivity index (χ4v) is 3.48. The highest BCUT2D eigenvalue weighted by atomic mass is 35.5. The molecule has 0 amide bonds. The minimum atomic E-state index is -0.290. The molecule has 4 nitrogen and oxygen atoms in total. The number of fused-ring (bicyclic) bond motifs is 1. The van der Waals surface area contributed by atoms with Crippen LogP contribution in [-0.4, -0.2) is 9.97 Å². The number of hydrogen-bond donors (Lipinski definition) is 1. The first kappa shape index (κ1) is 19.4. The maximum absolute atomic E-state index is 13.2. The summed E-state index contributed by atoms with van der Waals surface area (Å²) >= 11 is 7.88. The zero-order valence-corrected chi connectivity index (χ0v) is 16.2. The molecule has 2 heterocycles. The second-order valence-corrected chi connectivity index (χ2v) is 6.85. The normalized spacial score (nSPS) is 10.4. The van der Waals surface area contributed by atoms with Crippen LogP contribution in [0.1, 0.15) is 5.56 Å². The number of halogens is 3. The number of ether oxygens (including phenoxy) is 1. The molecule has 0 aliphatic rings. The molecular weight excluding hydrogens is 408 g/mol. The molecule has 0 saturated carbocycles.